The van der Waals surface area contributed by atoms with E-state index in [4.69, 9.17) is 4.52 Å². The first-order chi connectivity index (χ1) is 11.1. The van der Waals surface area contributed by atoms with Crippen molar-refractivity contribution in [2.45, 2.75) is 19.5 Å². The third-order valence-corrected chi connectivity index (χ3v) is 3.50. The van der Waals surface area contributed by atoms with Crippen LogP contribution >= 0.6 is 0 Å². The molecule has 0 saturated heterocycles. The van der Waals surface area contributed by atoms with Crippen LogP contribution in [0.25, 0.3) is 11.4 Å². The maximum atomic E-state index is 13.7. The summed E-state index contributed by atoms with van der Waals surface area (Å²) in [6.07, 6.45) is 0. The van der Waals surface area contributed by atoms with Crippen molar-refractivity contribution in [2.75, 3.05) is 0 Å². The molecule has 1 heterocycles. The highest BCUT2D eigenvalue weighted by Gasteiger charge is 2.13. The first-order valence-corrected chi connectivity index (χ1v) is 7.20. The van der Waals surface area contributed by atoms with E-state index in [0.717, 1.165) is 0 Å². The van der Waals surface area contributed by atoms with E-state index in [-0.39, 0.29) is 17.7 Å². The predicted octanol–water partition coefficient (Wildman–Crippen LogP) is 3.87. The van der Waals surface area contributed by atoms with Crippen LogP contribution in [-0.2, 0) is 6.54 Å². The van der Waals surface area contributed by atoms with Gasteiger partial charge in [0.25, 0.3) is 0 Å². The van der Waals surface area contributed by atoms with Gasteiger partial charge < -0.3 is 9.84 Å². The lowest BCUT2D eigenvalue weighted by Crippen LogP contribution is -2.19. The van der Waals surface area contributed by atoms with E-state index in [1.807, 2.05) is 6.92 Å². The van der Waals surface area contributed by atoms with Crippen LogP contribution in [0.4, 0.5) is 8.78 Å². The summed E-state index contributed by atoms with van der Waals surface area (Å²) in [5, 5.41) is 7.00. The Morgan fingerprint density at radius 1 is 1.09 bits per heavy atom. The number of aromatic nitrogens is 2. The number of benzene rings is 2. The van der Waals surface area contributed by atoms with Crippen molar-refractivity contribution in [1.29, 1.82) is 0 Å². The molecule has 1 N–H and O–H groups in total. The lowest BCUT2D eigenvalue weighted by molar-refractivity contribution is 0.359. The molecule has 0 amide bonds. The highest BCUT2D eigenvalue weighted by atomic mass is 19.1. The molecule has 4 nitrogen and oxygen atoms in total. The molecule has 0 saturated carbocycles. The Labute approximate surface area is 132 Å². The molecule has 1 aromatic heterocycles. The molecule has 1 unspecified atom stereocenters. The fourth-order valence-electron chi connectivity index (χ4n) is 2.22. The van der Waals surface area contributed by atoms with Crippen LogP contribution < -0.4 is 5.32 Å². The van der Waals surface area contributed by atoms with Crippen molar-refractivity contribution >= 4 is 0 Å². The van der Waals surface area contributed by atoms with E-state index in [1.165, 1.54) is 18.2 Å². The minimum Gasteiger partial charge on any atom is -0.338 e. The molecule has 1 atom stereocenters. The summed E-state index contributed by atoms with van der Waals surface area (Å²) in [4.78, 5) is 4.24. The van der Waals surface area contributed by atoms with Gasteiger partial charge in [0.2, 0.25) is 11.7 Å². The maximum absolute atomic E-state index is 13.7. The van der Waals surface area contributed by atoms with Gasteiger partial charge in [-0.1, -0.05) is 23.4 Å². The minimum atomic E-state index is -0.321. The first-order valence-electron chi connectivity index (χ1n) is 7.20. The quantitative estimate of drug-likeness (QED) is 0.776. The van der Waals surface area contributed by atoms with Gasteiger partial charge in [-0.15, -0.1) is 0 Å². The van der Waals surface area contributed by atoms with Crippen molar-refractivity contribution in [2.24, 2.45) is 0 Å². The fourth-order valence-corrected chi connectivity index (χ4v) is 2.22. The first kappa shape index (κ1) is 15.3. The Morgan fingerprint density at radius 2 is 1.83 bits per heavy atom. The van der Waals surface area contributed by atoms with E-state index < -0.39 is 0 Å². The summed E-state index contributed by atoms with van der Waals surface area (Å²) >= 11 is 0. The lowest BCUT2D eigenvalue weighted by atomic mass is 10.1. The average Bonchev–Trinajstić information content (AvgIpc) is 3.03. The molecular formula is C17H15F2N3O. The van der Waals surface area contributed by atoms with Gasteiger partial charge in [-0.2, -0.15) is 4.98 Å². The number of hydrogen-bond donors (Lipinski definition) is 1. The van der Waals surface area contributed by atoms with Crippen molar-refractivity contribution in [1.82, 2.24) is 15.5 Å². The summed E-state index contributed by atoms with van der Waals surface area (Å²) in [6.45, 7) is 2.17. The van der Waals surface area contributed by atoms with Crippen LogP contribution in [0.2, 0.25) is 0 Å². The van der Waals surface area contributed by atoms with Crippen LogP contribution in [0.1, 0.15) is 24.4 Å². The Hall–Kier alpha value is -2.60. The Balaban J connectivity index is 1.65. The number of nitrogens with one attached hydrogen (secondary N) is 1. The van der Waals surface area contributed by atoms with Gasteiger partial charge in [-0.25, -0.2) is 8.78 Å². The Bertz CT molecular complexity index is 787. The second kappa shape index (κ2) is 6.66. The van der Waals surface area contributed by atoms with Gasteiger partial charge in [0.15, 0.2) is 0 Å². The number of hydrogen-bond acceptors (Lipinski definition) is 4. The molecule has 6 heteroatoms. The number of rotatable bonds is 5. The third kappa shape index (κ3) is 3.60. The Morgan fingerprint density at radius 3 is 2.57 bits per heavy atom. The molecule has 0 aliphatic rings. The minimum absolute atomic E-state index is 0.197. The van der Waals surface area contributed by atoms with Crippen LogP contribution in [0.5, 0.6) is 0 Å². The SMILES string of the molecule is CC(NCc1nc(-c2ccc(F)cc2)no1)c1ccccc1F. The number of halogens is 2. The van der Waals surface area contributed by atoms with Gasteiger partial charge >= 0.3 is 0 Å². The Kier molecular flexibility index (Phi) is 4.43. The molecule has 0 fully saturated rings. The molecule has 2 aromatic carbocycles. The molecule has 0 aliphatic carbocycles. The molecule has 0 bridgehead atoms. The predicted molar refractivity (Wildman–Crippen MR) is 81.3 cm³/mol. The van der Waals surface area contributed by atoms with Crippen molar-refractivity contribution in [3.8, 4) is 11.4 Å². The normalized spacial score (nSPS) is 12.3. The molecule has 0 radical (unpaired) electrons. The van der Waals surface area contributed by atoms with Crippen LogP contribution in [0, 0.1) is 11.6 Å². The van der Waals surface area contributed by atoms with Crippen LogP contribution in [0.3, 0.4) is 0 Å². The van der Waals surface area contributed by atoms with Gasteiger partial charge in [-0.3, -0.25) is 0 Å². The highest BCUT2D eigenvalue weighted by Crippen LogP contribution is 2.18. The smallest absolute Gasteiger partial charge is 0.240 e. The monoisotopic (exact) mass is 315 g/mol. The molecule has 0 aliphatic heterocycles. The van der Waals surface area contributed by atoms with Gasteiger partial charge in [0.05, 0.1) is 6.54 Å². The second-order valence-electron chi connectivity index (χ2n) is 5.14. The van der Waals surface area contributed by atoms with Gasteiger partial charge in [-0.05, 0) is 37.3 Å². The molecule has 3 aromatic rings. The topological polar surface area (TPSA) is 51.0 Å². The highest BCUT2D eigenvalue weighted by molar-refractivity contribution is 5.53. The molecule has 3 rings (SSSR count). The summed E-state index contributed by atoms with van der Waals surface area (Å²) in [7, 11) is 0. The van der Waals surface area contributed by atoms with Crippen molar-refractivity contribution < 1.29 is 13.3 Å². The van der Waals surface area contributed by atoms with Crippen molar-refractivity contribution in [3.63, 3.8) is 0 Å². The van der Waals surface area contributed by atoms with E-state index in [9.17, 15) is 8.78 Å². The van der Waals surface area contributed by atoms with E-state index in [1.54, 1.807) is 30.3 Å². The third-order valence-electron chi connectivity index (χ3n) is 3.50. The van der Waals surface area contributed by atoms with Gasteiger partial charge in [0.1, 0.15) is 11.6 Å². The fraction of sp³-hybridized carbons (Fsp3) is 0.176. The second-order valence-corrected chi connectivity index (χ2v) is 5.14. The summed E-state index contributed by atoms with van der Waals surface area (Å²) in [5.41, 5.74) is 1.24. The lowest BCUT2D eigenvalue weighted by Gasteiger charge is -2.13. The zero-order valence-electron chi connectivity index (χ0n) is 12.5. The summed E-state index contributed by atoms with van der Waals surface area (Å²) in [5.74, 6) is 0.190. The summed E-state index contributed by atoms with van der Waals surface area (Å²) in [6, 6.07) is 12.2. The van der Waals surface area contributed by atoms with E-state index in [0.29, 0.717) is 29.4 Å². The van der Waals surface area contributed by atoms with Crippen LogP contribution in [0.15, 0.2) is 53.1 Å². The number of nitrogens with zero attached hydrogens (tertiary/aromatic N) is 2. The maximum Gasteiger partial charge on any atom is 0.240 e. The average molecular weight is 315 g/mol. The van der Waals surface area contributed by atoms with Crippen molar-refractivity contribution in [3.05, 3.63) is 71.6 Å². The van der Waals surface area contributed by atoms with Crippen LogP contribution in [-0.4, -0.2) is 10.1 Å². The molecular weight excluding hydrogens is 300 g/mol. The zero-order valence-corrected chi connectivity index (χ0v) is 12.5. The van der Waals surface area contributed by atoms with E-state index in [2.05, 4.69) is 15.5 Å². The largest absolute Gasteiger partial charge is 0.338 e. The summed E-state index contributed by atoms with van der Waals surface area (Å²) < 4.78 is 31.8. The standard InChI is InChI=1S/C17H15F2N3O/c1-11(14-4-2-3-5-15(14)19)20-10-16-21-17(22-23-16)12-6-8-13(18)9-7-12/h2-9,11,20H,10H2,1H3. The molecule has 118 valence electrons. The van der Waals surface area contributed by atoms with Gasteiger partial charge in [0, 0.05) is 17.2 Å². The molecule has 23 heavy (non-hydrogen) atoms. The zero-order chi connectivity index (χ0) is 16.2. The molecule has 0 spiro atoms. The van der Waals surface area contributed by atoms with E-state index >= 15 is 0 Å².